The van der Waals surface area contributed by atoms with Crippen molar-refractivity contribution in [3.63, 3.8) is 0 Å². The maximum atomic E-state index is 12.8. The van der Waals surface area contributed by atoms with Crippen LogP contribution in [0.25, 0.3) is 0 Å². The highest BCUT2D eigenvalue weighted by molar-refractivity contribution is 7.89. The van der Waals surface area contributed by atoms with Gasteiger partial charge in [0, 0.05) is 30.2 Å². The zero-order valence-corrected chi connectivity index (χ0v) is 20.6. The van der Waals surface area contributed by atoms with Gasteiger partial charge in [-0.15, -0.1) is 0 Å². The highest BCUT2D eigenvalue weighted by Gasteiger charge is 2.15. The zero-order valence-electron chi connectivity index (χ0n) is 19.8. The molecule has 0 bridgehead atoms. The highest BCUT2D eigenvalue weighted by Crippen LogP contribution is 2.17. The van der Waals surface area contributed by atoms with Crippen LogP contribution < -0.4 is 10.0 Å². The van der Waals surface area contributed by atoms with Crippen molar-refractivity contribution in [3.05, 3.63) is 89.7 Å². The van der Waals surface area contributed by atoms with Crippen LogP contribution in [0.5, 0.6) is 0 Å². The lowest BCUT2D eigenvalue weighted by molar-refractivity contribution is 0.102. The number of hydrogen-bond acceptors (Lipinski definition) is 5. The van der Waals surface area contributed by atoms with E-state index >= 15 is 0 Å². The smallest absolute Gasteiger partial charge is 0.255 e. The Bertz CT molecular complexity index is 1230. The molecule has 7 nitrogen and oxygen atoms in total. The second kappa shape index (κ2) is 12.1. The standard InChI is InChI=1S/C27H32N4O3S/c32-27(30-25-11-14-28-15-12-25)24-9-4-7-22(20-24)19-23-8-5-10-26(21-23)35(33,34)29-13-6-18-31-16-2-1-3-17-31/h4-5,7-12,14-15,20-21,29H,1-3,6,13,16-19H2,(H,28,30,32). The Balaban J connectivity index is 1.35. The van der Waals surface area contributed by atoms with Gasteiger partial charge in [-0.05, 0) is 92.8 Å². The molecule has 1 fully saturated rings. The topological polar surface area (TPSA) is 91.4 Å². The Hall–Kier alpha value is -3.07. The summed E-state index contributed by atoms with van der Waals surface area (Å²) in [5.41, 5.74) is 3.01. The number of anilines is 1. The van der Waals surface area contributed by atoms with Gasteiger partial charge >= 0.3 is 0 Å². The van der Waals surface area contributed by atoms with Crippen LogP contribution in [0.15, 0.2) is 78.0 Å². The van der Waals surface area contributed by atoms with Crippen LogP contribution in [0.2, 0.25) is 0 Å². The summed E-state index contributed by atoms with van der Waals surface area (Å²) in [5.74, 6) is -0.205. The molecule has 2 N–H and O–H groups in total. The summed E-state index contributed by atoms with van der Waals surface area (Å²) in [6, 6.07) is 17.8. The number of amides is 1. The van der Waals surface area contributed by atoms with E-state index in [4.69, 9.17) is 0 Å². The first kappa shape index (κ1) is 25.0. The summed E-state index contributed by atoms with van der Waals surface area (Å²) in [4.78, 5) is 19.2. The fourth-order valence-electron chi connectivity index (χ4n) is 4.29. The van der Waals surface area contributed by atoms with Gasteiger partial charge < -0.3 is 10.2 Å². The Kier molecular flexibility index (Phi) is 8.63. The van der Waals surface area contributed by atoms with Gasteiger partial charge in [0.2, 0.25) is 10.0 Å². The van der Waals surface area contributed by atoms with E-state index in [2.05, 4.69) is 19.9 Å². The fourth-order valence-corrected chi connectivity index (χ4v) is 5.44. The second-order valence-corrected chi connectivity index (χ2v) is 10.6. The number of hydrogen-bond donors (Lipinski definition) is 2. The first-order valence-electron chi connectivity index (χ1n) is 12.1. The number of carbonyl (C=O) groups excluding carboxylic acids is 1. The van der Waals surface area contributed by atoms with E-state index in [1.807, 2.05) is 24.3 Å². The number of benzene rings is 2. The third kappa shape index (κ3) is 7.45. The van der Waals surface area contributed by atoms with Gasteiger partial charge in [-0.2, -0.15) is 0 Å². The normalized spacial score (nSPS) is 14.5. The largest absolute Gasteiger partial charge is 0.322 e. The number of carbonyl (C=O) groups is 1. The van der Waals surface area contributed by atoms with Gasteiger partial charge in [-0.3, -0.25) is 9.78 Å². The van der Waals surface area contributed by atoms with Crippen LogP contribution in [0, 0.1) is 0 Å². The summed E-state index contributed by atoms with van der Waals surface area (Å²) in [6.45, 7) is 3.58. The molecule has 2 heterocycles. The minimum atomic E-state index is -3.57. The summed E-state index contributed by atoms with van der Waals surface area (Å²) in [7, 11) is -3.57. The number of aromatic nitrogens is 1. The Morgan fingerprint density at radius 1 is 0.914 bits per heavy atom. The van der Waals surface area contributed by atoms with E-state index in [0.29, 0.717) is 24.2 Å². The maximum absolute atomic E-state index is 12.8. The molecule has 4 rings (SSSR count). The first-order chi connectivity index (χ1) is 17.0. The molecular formula is C27H32N4O3S. The number of sulfonamides is 1. The van der Waals surface area contributed by atoms with E-state index < -0.39 is 10.0 Å². The third-order valence-electron chi connectivity index (χ3n) is 6.14. The molecule has 1 saturated heterocycles. The highest BCUT2D eigenvalue weighted by atomic mass is 32.2. The lowest BCUT2D eigenvalue weighted by atomic mass is 10.0. The van der Waals surface area contributed by atoms with Gasteiger partial charge in [0.1, 0.15) is 0 Å². The molecule has 2 aromatic carbocycles. The molecule has 8 heteroatoms. The van der Waals surface area contributed by atoms with Crippen LogP contribution in [-0.4, -0.2) is 50.4 Å². The molecule has 0 spiro atoms. The van der Waals surface area contributed by atoms with Crippen molar-refractivity contribution in [3.8, 4) is 0 Å². The minimum Gasteiger partial charge on any atom is -0.322 e. The Morgan fingerprint density at radius 3 is 2.40 bits per heavy atom. The predicted octanol–water partition coefficient (Wildman–Crippen LogP) is 4.08. The van der Waals surface area contributed by atoms with Crippen LogP contribution in [-0.2, 0) is 16.4 Å². The molecule has 0 saturated carbocycles. The molecule has 1 aliphatic heterocycles. The van der Waals surface area contributed by atoms with Gasteiger partial charge in [0.25, 0.3) is 5.91 Å². The van der Waals surface area contributed by atoms with Crippen molar-refractivity contribution in [2.24, 2.45) is 0 Å². The molecule has 1 amide bonds. The average Bonchev–Trinajstić information content (AvgIpc) is 2.88. The maximum Gasteiger partial charge on any atom is 0.255 e. The van der Waals surface area contributed by atoms with Crippen molar-refractivity contribution in [2.75, 3.05) is 31.5 Å². The minimum absolute atomic E-state index is 0.205. The monoisotopic (exact) mass is 492 g/mol. The number of nitrogens with zero attached hydrogens (tertiary/aromatic N) is 2. The lowest BCUT2D eigenvalue weighted by Crippen LogP contribution is -2.33. The Morgan fingerprint density at radius 2 is 1.63 bits per heavy atom. The average molecular weight is 493 g/mol. The number of nitrogens with one attached hydrogen (secondary N) is 2. The Labute approximate surface area is 207 Å². The van der Waals surface area contributed by atoms with Gasteiger partial charge in [-0.25, -0.2) is 13.1 Å². The molecule has 1 aliphatic rings. The summed E-state index contributed by atoms with van der Waals surface area (Å²) in [5, 5.41) is 2.85. The van der Waals surface area contributed by atoms with Crippen molar-refractivity contribution in [1.82, 2.24) is 14.6 Å². The number of likely N-dealkylation sites (tertiary alicyclic amines) is 1. The second-order valence-electron chi connectivity index (χ2n) is 8.87. The van der Waals surface area contributed by atoms with Crippen molar-refractivity contribution < 1.29 is 13.2 Å². The zero-order chi connectivity index (χ0) is 24.5. The van der Waals surface area contributed by atoms with E-state index in [-0.39, 0.29) is 10.8 Å². The van der Waals surface area contributed by atoms with Crippen LogP contribution in [0.1, 0.15) is 47.2 Å². The molecule has 3 aromatic rings. The van der Waals surface area contributed by atoms with E-state index in [0.717, 1.165) is 37.2 Å². The number of piperidine rings is 1. The van der Waals surface area contributed by atoms with Crippen LogP contribution in [0.3, 0.4) is 0 Å². The van der Waals surface area contributed by atoms with Crippen molar-refractivity contribution in [1.29, 1.82) is 0 Å². The SMILES string of the molecule is O=C(Nc1ccncc1)c1cccc(Cc2cccc(S(=O)(=O)NCCCN3CCCCC3)c2)c1. The molecule has 0 unspecified atom stereocenters. The van der Waals surface area contributed by atoms with Gasteiger partial charge in [-0.1, -0.05) is 30.7 Å². The number of pyridine rings is 1. The first-order valence-corrected chi connectivity index (χ1v) is 13.6. The summed E-state index contributed by atoms with van der Waals surface area (Å²) in [6.07, 6.45) is 8.32. The van der Waals surface area contributed by atoms with Crippen molar-refractivity contribution in [2.45, 2.75) is 37.0 Å². The third-order valence-corrected chi connectivity index (χ3v) is 7.59. The molecule has 1 aromatic heterocycles. The van der Waals surface area contributed by atoms with Crippen LogP contribution in [0.4, 0.5) is 5.69 Å². The van der Waals surface area contributed by atoms with Gasteiger partial charge in [0.15, 0.2) is 0 Å². The molecule has 0 radical (unpaired) electrons. The summed E-state index contributed by atoms with van der Waals surface area (Å²) < 4.78 is 28.4. The van der Waals surface area contributed by atoms with Crippen molar-refractivity contribution >= 4 is 21.6 Å². The molecule has 184 valence electrons. The fraction of sp³-hybridized carbons (Fsp3) is 0.333. The summed E-state index contributed by atoms with van der Waals surface area (Å²) >= 11 is 0. The molecule has 0 atom stereocenters. The van der Waals surface area contributed by atoms with E-state index in [9.17, 15) is 13.2 Å². The quantitative estimate of drug-likeness (QED) is 0.416. The predicted molar refractivity (Wildman–Crippen MR) is 138 cm³/mol. The van der Waals surface area contributed by atoms with Crippen LogP contribution >= 0.6 is 0 Å². The van der Waals surface area contributed by atoms with Gasteiger partial charge in [0.05, 0.1) is 4.90 Å². The van der Waals surface area contributed by atoms with E-state index in [1.54, 1.807) is 48.8 Å². The molecule has 0 aliphatic carbocycles. The molecular weight excluding hydrogens is 460 g/mol. The van der Waals surface area contributed by atoms with E-state index in [1.165, 1.54) is 19.3 Å². The number of rotatable bonds is 10. The molecule has 35 heavy (non-hydrogen) atoms. The lowest BCUT2D eigenvalue weighted by Gasteiger charge is -2.26.